The van der Waals surface area contributed by atoms with Gasteiger partial charge in [0.05, 0.1) is 0 Å². The van der Waals surface area contributed by atoms with Crippen LogP contribution in [0.15, 0.2) is 36.0 Å². The van der Waals surface area contributed by atoms with Gasteiger partial charge in [0.2, 0.25) is 0 Å². The Kier molecular flexibility index (Phi) is 12.7. The molecule has 0 aromatic carbocycles. The largest absolute Gasteiger partial charge is 0.459 e. The van der Waals surface area contributed by atoms with Gasteiger partial charge in [-0.15, -0.1) is 0 Å². The van der Waals surface area contributed by atoms with Gasteiger partial charge in [0.25, 0.3) is 0 Å². The van der Waals surface area contributed by atoms with E-state index in [0.717, 1.165) is 48.9 Å². The van der Waals surface area contributed by atoms with Crippen LogP contribution in [0.25, 0.3) is 0 Å². The van der Waals surface area contributed by atoms with E-state index in [9.17, 15) is 4.79 Å². The lowest BCUT2D eigenvalue weighted by molar-refractivity contribution is -0.145. The second-order valence-corrected chi connectivity index (χ2v) is 16.2. The average molecular weight is 593 g/mol. The molecule has 0 bridgehead atoms. The van der Waals surface area contributed by atoms with Gasteiger partial charge in [-0.1, -0.05) is 117 Å². The fourth-order valence-electron chi connectivity index (χ4n) is 10.5. The predicted octanol–water partition coefficient (Wildman–Crippen LogP) is 12.0. The molecule has 3 fully saturated rings. The maximum atomic E-state index is 12.6. The van der Waals surface area contributed by atoms with E-state index >= 15 is 0 Å². The summed E-state index contributed by atoms with van der Waals surface area (Å²) in [6, 6.07) is 0. The first-order valence-corrected chi connectivity index (χ1v) is 18.9. The highest BCUT2D eigenvalue weighted by molar-refractivity contribution is 5.82. The summed E-state index contributed by atoms with van der Waals surface area (Å²) in [7, 11) is 0. The Labute approximate surface area is 267 Å². The number of esters is 1. The smallest absolute Gasteiger partial charge is 0.330 e. The summed E-state index contributed by atoms with van der Waals surface area (Å²) in [6.07, 6.45) is 33.0. The van der Waals surface area contributed by atoms with Crippen LogP contribution in [-0.2, 0) is 9.53 Å². The average Bonchev–Trinajstić information content (AvgIpc) is 3.34. The molecule has 4 aliphatic carbocycles. The zero-order valence-corrected chi connectivity index (χ0v) is 29.3. The summed E-state index contributed by atoms with van der Waals surface area (Å²) in [4.78, 5) is 12.6. The first-order chi connectivity index (χ1) is 20.6. The molecule has 0 aliphatic heterocycles. The van der Waals surface area contributed by atoms with Gasteiger partial charge >= 0.3 is 5.97 Å². The van der Waals surface area contributed by atoms with Crippen molar-refractivity contribution >= 4 is 5.97 Å². The van der Waals surface area contributed by atoms with E-state index in [1.807, 2.05) is 6.08 Å². The van der Waals surface area contributed by atoms with E-state index in [2.05, 4.69) is 66.7 Å². The summed E-state index contributed by atoms with van der Waals surface area (Å²) in [5.74, 6) is 5.33. The van der Waals surface area contributed by atoms with E-state index in [1.165, 1.54) is 89.9 Å². The Balaban J connectivity index is 1.29. The van der Waals surface area contributed by atoms with Crippen molar-refractivity contribution in [3.05, 3.63) is 36.0 Å². The van der Waals surface area contributed by atoms with Crippen LogP contribution in [-0.4, -0.2) is 12.1 Å². The summed E-state index contributed by atoms with van der Waals surface area (Å²) in [5.41, 5.74) is 2.40. The van der Waals surface area contributed by atoms with Crippen molar-refractivity contribution < 1.29 is 9.53 Å². The fourth-order valence-corrected chi connectivity index (χ4v) is 10.5. The number of rotatable bonds is 15. The van der Waals surface area contributed by atoms with Crippen LogP contribution in [0, 0.1) is 52.3 Å². The molecule has 0 aromatic heterocycles. The van der Waals surface area contributed by atoms with Crippen molar-refractivity contribution in [2.75, 3.05) is 0 Å². The minimum Gasteiger partial charge on any atom is -0.459 e. The SMILES string of the molecule is CCCCCCCCCC=CC(=O)OC1CC[C@@]2(C)C(=CC[C@H]3[C@@H]4CC[C@H]([C@H](C)C=C[C@@H](CC)C(C)C)[C@@]4(C)CC[C@@H]32)C1. The second-order valence-electron chi connectivity index (χ2n) is 16.2. The molecule has 0 aromatic rings. The highest BCUT2D eigenvalue weighted by Gasteiger charge is 2.59. The molecule has 9 atom stereocenters. The number of allylic oxidation sites excluding steroid dienone is 4. The standard InChI is InChI=1S/C41H68O2/c1-8-10-11-12-13-14-15-16-17-18-39(42)43-34-25-27-40(6)33(29-34)21-22-35-37-24-23-36(41(37,7)28-26-38(35)40)31(5)19-20-32(9-2)30(3)4/h17-21,30-32,34-38H,8-16,22-29H2,1-7H3/t31-,32-,34?,35+,36-,37+,38+,40+,41-/m1/s1. The highest BCUT2D eigenvalue weighted by Crippen LogP contribution is 2.67. The third-order valence-electron chi connectivity index (χ3n) is 13.3. The Bertz CT molecular complexity index is 972. The molecule has 3 saturated carbocycles. The second kappa shape index (κ2) is 15.8. The molecule has 2 nitrogen and oxygen atoms in total. The zero-order chi connectivity index (χ0) is 31.0. The molecule has 1 unspecified atom stereocenters. The summed E-state index contributed by atoms with van der Waals surface area (Å²) in [6.45, 7) is 17.1. The van der Waals surface area contributed by atoms with E-state index in [1.54, 1.807) is 11.6 Å². The van der Waals surface area contributed by atoms with Crippen LogP contribution < -0.4 is 0 Å². The molecular weight excluding hydrogens is 524 g/mol. The zero-order valence-electron chi connectivity index (χ0n) is 29.3. The first kappa shape index (κ1) is 34.6. The minimum absolute atomic E-state index is 0.0572. The number of hydrogen-bond acceptors (Lipinski definition) is 2. The van der Waals surface area contributed by atoms with E-state index < -0.39 is 0 Å². The normalized spacial score (nSPS) is 35.4. The van der Waals surface area contributed by atoms with Crippen molar-refractivity contribution in [2.24, 2.45) is 52.3 Å². The fraction of sp³-hybridized carbons (Fsp3) is 0.829. The van der Waals surface area contributed by atoms with Gasteiger partial charge in [0.1, 0.15) is 6.10 Å². The summed E-state index contributed by atoms with van der Waals surface area (Å²) < 4.78 is 6.01. The Morgan fingerprint density at radius 1 is 0.930 bits per heavy atom. The van der Waals surface area contributed by atoms with Gasteiger partial charge in [-0.05, 0) is 116 Å². The maximum absolute atomic E-state index is 12.6. The number of ether oxygens (including phenoxy) is 1. The maximum Gasteiger partial charge on any atom is 0.330 e. The van der Waals surface area contributed by atoms with E-state index in [-0.39, 0.29) is 12.1 Å². The molecule has 0 saturated heterocycles. The van der Waals surface area contributed by atoms with Crippen LogP contribution >= 0.6 is 0 Å². The quantitative estimate of drug-likeness (QED) is 0.0818. The lowest BCUT2D eigenvalue weighted by Gasteiger charge is -2.58. The Morgan fingerprint density at radius 3 is 2.40 bits per heavy atom. The van der Waals surface area contributed by atoms with Crippen LogP contribution in [0.3, 0.4) is 0 Å². The molecule has 4 aliphatic rings. The molecule has 0 amide bonds. The molecule has 244 valence electrons. The molecule has 0 spiro atoms. The van der Waals surface area contributed by atoms with Gasteiger partial charge in [-0.3, -0.25) is 0 Å². The van der Waals surface area contributed by atoms with Gasteiger partial charge in [-0.2, -0.15) is 0 Å². The van der Waals surface area contributed by atoms with Gasteiger partial charge in [0, 0.05) is 12.5 Å². The molecule has 0 heterocycles. The molecular formula is C41H68O2. The highest BCUT2D eigenvalue weighted by atomic mass is 16.5. The molecule has 4 rings (SSSR count). The summed E-state index contributed by atoms with van der Waals surface area (Å²) in [5, 5.41) is 0. The van der Waals surface area contributed by atoms with Crippen LogP contribution in [0.4, 0.5) is 0 Å². The molecule has 2 heteroatoms. The Hall–Kier alpha value is -1.31. The van der Waals surface area contributed by atoms with Crippen LogP contribution in [0.1, 0.15) is 158 Å². The Morgan fingerprint density at radius 2 is 1.67 bits per heavy atom. The molecule has 43 heavy (non-hydrogen) atoms. The number of hydrogen-bond donors (Lipinski definition) is 0. The predicted molar refractivity (Wildman–Crippen MR) is 184 cm³/mol. The first-order valence-electron chi connectivity index (χ1n) is 18.9. The van der Waals surface area contributed by atoms with Crippen LogP contribution in [0.5, 0.6) is 0 Å². The minimum atomic E-state index is -0.127. The third kappa shape index (κ3) is 8.10. The number of fused-ring (bicyclic) bond motifs is 5. The lowest BCUT2D eigenvalue weighted by atomic mass is 9.47. The van der Waals surface area contributed by atoms with Crippen LogP contribution in [0.2, 0.25) is 0 Å². The van der Waals surface area contributed by atoms with Crippen molar-refractivity contribution in [1.29, 1.82) is 0 Å². The van der Waals surface area contributed by atoms with Gasteiger partial charge in [-0.25, -0.2) is 4.79 Å². The third-order valence-corrected chi connectivity index (χ3v) is 13.3. The van der Waals surface area contributed by atoms with Crippen molar-refractivity contribution in [2.45, 2.75) is 164 Å². The van der Waals surface area contributed by atoms with E-state index in [4.69, 9.17) is 4.74 Å². The van der Waals surface area contributed by atoms with Crippen molar-refractivity contribution in [3.63, 3.8) is 0 Å². The van der Waals surface area contributed by atoms with Gasteiger partial charge in [0.15, 0.2) is 0 Å². The molecule has 0 N–H and O–H groups in total. The summed E-state index contributed by atoms with van der Waals surface area (Å²) >= 11 is 0. The number of unbranched alkanes of at least 4 members (excludes halogenated alkanes) is 7. The lowest BCUT2D eigenvalue weighted by Crippen LogP contribution is -2.51. The topological polar surface area (TPSA) is 26.3 Å². The monoisotopic (exact) mass is 593 g/mol. The van der Waals surface area contributed by atoms with Gasteiger partial charge < -0.3 is 4.74 Å². The number of carbonyl (C=O) groups is 1. The van der Waals surface area contributed by atoms with Crippen molar-refractivity contribution in [3.8, 4) is 0 Å². The van der Waals surface area contributed by atoms with E-state index in [0.29, 0.717) is 22.7 Å². The number of carbonyl (C=O) groups excluding carboxylic acids is 1. The molecule has 0 radical (unpaired) electrons. The van der Waals surface area contributed by atoms with Crippen molar-refractivity contribution in [1.82, 2.24) is 0 Å².